The molecule has 2 rings (SSSR count). The number of carbonyl (C=O) groups excluding carboxylic acids is 1. The van der Waals surface area contributed by atoms with Gasteiger partial charge in [0.05, 0.1) is 12.5 Å². The highest BCUT2D eigenvalue weighted by Gasteiger charge is 2.12. The van der Waals surface area contributed by atoms with Crippen molar-refractivity contribution in [1.82, 2.24) is 14.5 Å². The Kier molecular flexibility index (Phi) is 3.05. The maximum absolute atomic E-state index is 11.8. The average Bonchev–Trinajstić information content (AvgIpc) is 2.76. The standard InChI is InChI=1S/C11H10N4O3/c1-15-6-12-5-8(15)10(16)14-9-4-2-3-7(13-9)11(17)18/h2-6H,1H3,(H,17,18)(H,13,14,16). The Labute approximate surface area is 102 Å². The van der Waals surface area contributed by atoms with E-state index in [4.69, 9.17) is 5.11 Å². The van der Waals surface area contributed by atoms with Crippen LogP contribution in [0, 0.1) is 0 Å². The van der Waals surface area contributed by atoms with Crippen LogP contribution in [0.4, 0.5) is 5.82 Å². The van der Waals surface area contributed by atoms with Gasteiger partial charge in [0.15, 0.2) is 5.69 Å². The first kappa shape index (κ1) is 11.8. The van der Waals surface area contributed by atoms with E-state index in [-0.39, 0.29) is 11.5 Å². The number of hydrogen-bond acceptors (Lipinski definition) is 4. The minimum atomic E-state index is -1.15. The SMILES string of the molecule is Cn1cncc1C(=O)Nc1cccc(C(=O)O)n1. The van der Waals surface area contributed by atoms with Crippen LogP contribution in [-0.4, -0.2) is 31.5 Å². The van der Waals surface area contributed by atoms with Crippen LogP contribution in [0.3, 0.4) is 0 Å². The largest absolute Gasteiger partial charge is 0.477 e. The van der Waals surface area contributed by atoms with Crippen molar-refractivity contribution in [1.29, 1.82) is 0 Å². The Morgan fingerprint density at radius 1 is 1.39 bits per heavy atom. The van der Waals surface area contributed by atoms with E-state index in [1.165, 1.54) is 30.7 Å². The Morgan fingerprint density at radius 3 is 2.78 bits per heavy atom. The monoisotopic (exact) mass is 246 g/mol. The first-order valence-corrected chi connectivity index (χ1v) is 5.06. The molecule has 0 aliphatic heterocycles. The van der Waals surface area contributed by atoms with E-state index in [2.05, 4.69) is 15.3 Å². The summed E-state index contributed by atoms with van der Waals surface area (Å²) in [6, 6.07) is 4.37. The summed E-state index contributed by atoms with van der Waals surface area (Å²) in [5.74, 6) is -1.36. The molecule has 0 saturated carbocycles. The number of carbonyl (C=O) groups is 2. The molecule has 0 aromatic carbocycles. The predicted octanol–water partition coefficient (Wildman–Crippen LogP) is 0.766. The van der Waals surface area contributed by atoms with Crippen LogP contribution in [0.2, 0.25) is 0 Å². The van der Waals surface area contributed by atoms with E-state index in [0.717, 1.165) is 0 Å². The zero-order valence-electron chi connectivity index (χ0n) is 9.49. The lowest BCUT2D eigenvalue weighted by Crippen LogP contribution is -2.16. The summed E-state index contributed by atoms with van der Waals surface area (Å²) in [5, 5.41) is 11.3. The third kappa shape index (κ3) is 2.34. The number of imidazole rings is 1. The fourth-order valence-electron chi connectivity index (χ4n) is 1.38. The highest BCUT2D eigenvalue weighted by molar-refractivity contribution is 6.02. The first-order chi connectivity index (χ1) is 8.58. The number of anilines is 1. The molecule has 0 spiro atoms. The highest BCUT2D eigenvalue weighted by Crippen LogP contribution is 2.07. The van der Waals surface area contributed by atoms with Crippen molar-refractivity contribution in [3.8, 4) is 0 Å². The fraction of sp³-hybridized carbons (Fsp3) is 0.0909. The number of aromatic nitrogens is 3. The summed E-state index contributed by atoms with van der Waals surface area (Å²) < 4.78 is 1.55. The van der Waals surface area contributed by atoms with Crippen LogP contribution < -0.4 is 5.32 Å². The molecule has 2 heterocycles. The van der Waals surface area contributed by atoms with Gasteiger partial charge < -0.3 is 15.0 Å². The van der Waals surface area contributed by atoms with E-state index in [1.54, 1.807) is 11.6 Å². The van der Waals surface area contributed by atoms with Crippen molar-refractivity contribution < 1.29 is 14.7 Å². The lowest BCUT2D eigenvalue weighted by atomic mass is 10.3. The van der Waals surface area contributed by atoms with Gasteiger partial charge in [0.2, 0.25) is 0 Å². The summed E-state index contributed by atoms with van der Waals surface area (Å²) in [4.78, 5) is 30.2. The number of amides is 1. The Hall–Kier alpha value is -2.70. The molecule has 7 nitrogen and oxygen atoms in total. The summed E-state index contributed by atoms with van der Waals surface area (Å²) >= 11 is 0. The molecule has 2 aromatic heterocycles. The molecule has 0 bridgehead atoms. The van der Waals surface area contributed by atoms with Crippen LogP contribution >= 0.6 is 0 Å². The Balaban J connectivity index is 2.20. The molecule has 0 fully saturated rings. The average molecular weight is 246 g/mol. The van der Waals surface area contributed by atoms with Gasteiger partial charge in [0.25, 0.3) is 5.91 Å². The van der Waals surface area contributed by atoms with E-state index >= 15 is 0 Å². The highest BCUT2D eigenvalue weighted by atomic mass is 16.4. The molecule has 0 aliphatic rings. The van der Waals surface area contributed by atoms with Gasteiger partial charge in [-0.3, -0.25) is 4.79 Å². The third-order valence-corrected chi connectivity index (χ3v) is 2.26. The van der Waals surface area contributed by atoms with E-state index in [9.17, 15) is 9.59 Å². The number of hydrogen-bond donors (Lipinski definition) is 2. The maximum atomic E-state index is 11.8. The number of rotatable bonds is 3. The number of aryl methyl sites for hydroxylation is 1. The topological polar surface area (TPSA) is 97.1 Å². The van der Waals surface area contributed by atoms with Gasteiger partial charge in [-0.15, -0.1) is 0 Å². The number of nitrogens with one attached hydrogen (secondary N) is 1. The van der Waals surface area contributed by atoms with Gasteiger partial charge in [-0.05, 0) is 12.1 Å². The smallest absolute Gasteiger partial charge is 0.354 e. The molecule has 1 amide bonds. The Morgan fingerprint density at radius 2 is 2.17 bits per heavy atom. The second-order valence-corrected chi connectivity index (χ2v) is 3.56. The molecule has 0 unspecified atom stereocenters. The maximum Gasteiger partial charge on any atom is 0.354 e. The molecule has 2 N–H and O–H groups in total. The second kappa shape index (κ2) is 4.66. The van der Waals surface area contributed by atoms with Crippen molar-refractivity contribution in [2.24, 2.45) is 7.05 Å². The van der Waals surface area contributed by atoms with Gasteiger partial charge in [-0.25, -0.2) is 14.8 Å². The first-order valence-electron chi connectivity index (χ1n) is 5.06. The van der Waals surface area contributed by atoms with E-state index in [0.29, 0.717) is 5.69 Å². The lowest BCUT2D eigenvalue weighted by Gasteiger charge is -2.05. The minimum Gasteiger partial charge on any atom is -0.477 e. The van der Waals surface area contributed by atoms with Crippen LogP contribution in [0.1, 0.15) is 21.0 Å². The molecule has 7 heteroatoms. The van der Waals surface area contributed by atoms with Crippen molar-refractivity contribution >= 4 is 17.7 Å². The number of carboxylic acid groups (broad SMARTS) is 1. The fourth-order valence-corrected chi connectivity index (χ4v) is 1.38. The van der Waals surface area contributed by atoms with Crippen molar-refractivity contribution in [3.63, 3.8) is 0 Å². The molecule has 0 atom stereocenters. The molecule has 18 heavy (non-hydrogen) atoms. The summed E-state index contributed by atoms with van der Waals surface area (Å²) in [6.45, 7) is 0. The number of pyridine rings is 1. The molecule has 2 aromatic rings. The second-order valence-electron chi connectivity index (χ2n) is 3.56. The molecule has 92 valence electrons. The van der Waals surface area contributed by atoms with Crippen molar-refractivity contribution in [3.05, 3.63) is 42.1 Å². The Bertz CT molecular complexity index is 606. The zero-order valence-corrected chi connectivity index (χ0v) is 9.49. The zero-order chi connectivity index (χ0) is 13.1. The van der Waals surface area contributed by atoms with Crippen LogP contribution in [0.15, 0.2) is 30.7 Å². The van der Waals surface area contributed by atoms with Gasteiger partial charge in [0, 0.05) is 7.05 Å². The molecule has 0 radical (unpaired) electrons. The molecular formula is C11H10N4O3. The predicted molar refractivity (Wildman–Crippen MR) is 62.4 cm³/mol. The number of carboxylic acids is 1. The summed E-state index contributed by atoms with van der Waals surface area (Å²) in [6.07, 6.45) is 2.91. The molecule has 0 saturated heterocycles. The normalized spacial score (nSPS) is 10.1. The van der Waals surface area contributed by atoms with Crippen molar-refractivity contribution in [2.75, 3.05) is 5.32 Å². The van der Waals surface area contributed by atoms with Gasteiger partial charge >= 0.3 is 5.97 Å². The number of aromatic carboxylic acids is 1. The quantitative estimate of drug-likeness (QED) is 0.833. The van der Waals surface area contributed by atoms with Crippen LogP contribution in [0.25, 0.3) is 0 Å². The molecular weight excluding hydrogens is 236 g/mol. The van der Waals surface area contributed by atoms with Gasteiger partial charge in [0.1, 0.15) is 11.5 Å². The minimum absolute atomic E-state index is 0.127. The third-order valence-electron chi connectivity index (χ3n) is 2.26. The lowest BCUT2D eigenvalue weighted by molar-refractivity contribution is 0.0690. The van der Waals surface area contributed by atoms with Crippen molar-refractivity contribution in [2.45, 2.75) is 0 Å². The molecule has 0 aliphatic carbocycles. The van der Waals surface area contributed by atoms with E-state index in [1.807, 2.05) is 0 Å². The summed E-state index contributed by atoms with van der Waals surface area (Å²) in [7, 11) is 1.68. The van der Waals surface area contributed by atoms with Gasteiger partial charge in [-0.2, -0.15) is 0 Å². The summed E-state index contributed by atoms with van der Waals surface area (Å²) in [5.41, 5.74) is 0.232. The van der Waals surface area contributed by atoms with E-state index < -0.39 is 11.9 Å². The number of nitrogens with zero attached hydrogens (tertiary/aromatic N) is 3. The van der Waals surface area contributed by atoms with Crippen LogP contribution in [-0.2, 0) is 7.05 Å². The van der Waals surface area contributed by atoms with Crippen LogP contribution in [0.5, 0.6) is 0 Å². The van der Waals surface area contributed by atoms with Gasteiger partial charge in [-0.1, -0.05) is 6.07 Å².